The van der Waals surface area contributed by atoms with Gasteiger partial charge in [0.15, 0.2) is 0 Å². The molecule has 0 unspecified atom stereocenters. The van der Waals surface area contributed by atoms with Crippen molar-refractivity contribution >= 4 is 24.1 Å². The van der Waals surface area contributed by atoms with Crippen LogP contribution in [0.1, 0.15) is 25.0 Å². The van der Waals surface area contributed by atoms with Gasteiger partial charge in [0.25, 0.3) is 0 Å². The van der Waals surface area contributed by atoms with Gasteiger partial charge in [-0.15, -0.1) is 0 Å². The van der Waals surface area contributed by atoms with Crippen molar-refractivity contribution in [2.75, 3.05) is 26.4 Å². The summed E-state index contributed by atoms with van der Waals surface area (Å²) in [5.41, 5.74) is 2.98. The van der Waals surface area contributed by atoms with E-state index in [1.165, 1.54) is 0 Å². The van der Waals surface area contributed by atoms with Crippen LogP contribution in [0.5, 0.6) is 11.5 Å². The van der Waals surface area contributed by atoms with Crippen molar-refractivity contribution in [2.24, 2.45) is 0 Å². The van der Waals surface area contributed by atoms with E-state index in [1.54, 1.807) is 13.8 Å². The van der Waals surface area contributed by atoms with E-state index in [9.17, 15) is 9.59 Å². The predicted molar refractivity (Wildman–Crippen MR) is 113 cm³/mol. The Morgan fingerprint density at radius 2 is 1.13 bits per heavy atom. The van der Waals surface area contributed by atoms with Crippen LogP contribution in [-0.2, 0) is 19.1 Å². The molecule has 2 aliphatic heterocycles. The molecule has 0 atom stereocenters. The van der Waals surface area contributed by atoms with Crippen LogP contribution in [0.25, 0.3) is 12.2 Å². The van der Waals surface area contributed by atoms with Crippen LogP contribution in [0, 0.1) is 0 Å². The number of hydrogen-bond donors (Lipinski definition) is 0. The Bertz CT molecular complexity index is 894. The molecule has 0 amide bonds. The molecular formula is C24H24O6. The maximum atomic E-state index is 11.4. The topological polar surface area (TPSA) is 71.1 Å². The zero-order chi connectivity index (χ0) is 21.3. The van der Waals surface area contributed by atoms with E-state index in [0.717, 1.165) is 22.6 Å². The molecule has 0 fully saturated rings. The van der Waals surface area contributed by atoms with Gasteiger partial charge in [0.05, 0.1) is 24.4 Å². The van der Waals surface area contributed by atoms with E-state index >= 15 is 0 Å². The number of para-hydroxylation sites is 2. The molecular weight excluding hydrogens is 384 g/mol. The monoisotopic (exact) mass is 408 g/mol. The number of ether oxygens (including phenoxy) is 4. The molecule has 6 heteroatoms. The molecule has 6 nitrogen and oxygen atoms in total. The molecule has 0 saturated heterocycles. The van der Waals surface area contributed by atoms with Gasteiger partial charge in [-0.3, -0.25) is 0 Å². The normalized spacial score (nSPS) is 13.5. The van der Waals surface area contributed by atoms with E-state index in [2.05, 4.69) is 0 Å². The Balaban J connectivity index is 0.000000171. The van der Waals surface area contributed by atoms with Crippen LogP contribution in [-0.4, -0.2) is 38.4 Å². The average molecular weight is 408 g/mol. The first kappa shape index (κ1) is 21.2. The maximum Gasteiger partial charge on any atom is 0.337 e. The number of esters is 2. The SMILES string of the molecule is CCOC(=O)C1=Cc2ccccc2OC1.CCOC(=O)C1=Cc2ccccc2OC1. The summed E-state index contributed by atoms with van der Waals surface area (Å²) in [6, 6.07) is 15.2. The van der Waals surface area contributed by atoms with Crippen LogP contribution < -0.4 is 9.47 Å². The highest BCUT2D eigenvalue weighted by Gasteiger charge is 2.18. The van der Waals surface area contributed by atoms with Crippen LogP contribution >= 0.6 is 0 Å². The molecule has 0 bridgehead atoms. The Kier molecular flexibility index (Phi) is 7.27. The Morgan fingerprint density at radius 1 is 0.733 bits per heavy atom. The average Bonchev–Trinajstić information content (AvgIpc) is 2.79. The molecule has 156 valence electrons. The maximum absolute atomic E-state index is 11.4. The van der Waals surface area contributed by atoms with Crippen molar-refractivity contribution in [3.63, 3.8) is 0 Å². The lowest BCUT2D eigenvalue weighted by Gasteiger charge is -2.16. The first-order valence-electron chi connectivity index (χ1n) is 9.81. The van der Waals surface area contributed by atoms with Gasteiger partial charge < -0.3 is 18.9 Å². The van der Waals surface area contributed by atoms with E-state index < -0.39 is 0 Å². The number of carbonyl (C=O) groups excluding carboxylic acids is 2. The smallest absolute Gasteiger partial charge is 0.337 e. The fourth-order valence-corrected chi connectivity index (χ4v) is 2.92. The predicted octanol–water partition coefficient (Wildman–Crippen LogP) is 4.05. The van der Waals surface area contributed by atoms with Crippen LogP contribution in [0.2, 0.25) is 0 Å². The number of benzene rings is 2. The number of fused-ring (bicyclic) bond motifs is 2. The number of carbonyl (C=O) groups is 2. The number of hydrogen-bond acceptors (Lipinski definition) is 6. The Hall–Kier alpha value is -3.54. The minimum atomic E-state index is -0.299. The second kappa shape index (κ2) is 10.3. The third kappa shape index (κ3) is 5.29. The molecule has 0 radical (unpaired) electrons. The van der Waals surface area contributed by atoms with Crippen LogP contribution in [0.4, 0.5) is 0 Å². The lowest BCUT2D eigenvalue weighted by Crippen LogP contribution is -2.17. The summed E-state index contributed by atoms with van der Waals surface area (Å²) in [4.78, 5) is 22.9. The van der Waals surface area contributed by atoms with Crippen molar-refractivity contribution in [3.8, 4) is 11.5 Å². The quantitative estimate of drug-likeness (QED) is 0.711. The van der Waals surface area contributed by atoms with Crippen molar-refractivity contribution < 1.29 is 28.5 Å². The lowest BCUT2D eigenvalue weighted by atomic mass is 10.1. The molecule has 4 rings (SSSR count). The third-order valence-corrected chi connectivity index (χ3v) is 4.34. The molecule has 30 heavy (non-hydrogen) atoms. The van der Waals surface area contributed by atoms with E-state index in [-0.39, 0.29) is 25.2 Å². The molecule has 0 spiro atoms. The van der Waals surface area contributed by atoms with Gasteiger partial charge in [0, 0.05) is 11.1 Å². The second-order valence-corrected chi connectivity index (χ2v) is 6.43. The fourth-order valence-electron chi connectivity index (χ4n) is 2.92. The standard InChI is InChI=1S/2C12H12O3/c2*1-2-14-12(13)10-7-9-5-3-4-6-11(9)15-8-10/h2*3-7H,2,8H2,1H3. The third-order valence-electron chi connectivity index (χ3n) is 4.34. The van der Waals surface area contributed by atoms with E-state index in [4.69, 9.17) is 18.9 Å². The van der Waals surface area contributed by atoms with Crippen LogP contribution in [0.3, 0.4) is 0 Å². The zero-order valence-corrected chi connectivity index (χ0v) is 17.1. The second-order valence-electron chi connectivity index (χ2n) is 6.43. The fraction of sp³-hybridized carbons (Fsp3) is 0.250. The summed E-state index contributed by atoms with van der Waals surface area (Å²) >= 11 is 0. The number of rotatable bonds is 4. The van der Waals surface area contributed by atoms with E-state index in [0.29, 0.717) is 24.4 Å². The zero-order valence-electron chi connectivity index (χ0n) is 17.1. The lowest BCUT2D eigenvalue weighted by molar-refractivity contribution is -0.139. The summed E-state index contributed by atoms with van der Waals surface area (Å²) in [5.74, 6) is 1.02. The van der Waals surface area contributed by atoms with Gasteiger partial charge in [0.1, 0.15) is 24.7 Å². The van der Waals surface area contributed by atoms with Crippen molar-refractivity contribution in [3.05, 3.63) is 70.8 Å². The highest BCUT2D eigenvalue weighted by Crippen LogP contribution is 2.26. The van der Waals surface area contributed by atoms with Crippen molar-refractivity contribution in [1.82, 2.24) is 0 Å². The molecule has 2 aromatic rings. The minimum Gasteiger partial charge on any atom is -0.488 e. The van der Waals surface area contributed by atoms with Gasteiger partial charge in [-0.25, -0.2) is 9.59 Å². The van der Waals surface area contributed by atoms with E-state index in [1.807, 2.05) is 60.7 Å². The Labute approximate surface area is 175 Å². The highest BCUT2D eigenvalue weighted by molar-refractivity contribution is 5.95. The summed E-state index contributed by atoms with van der Waals surface area (Å²) < 4.78 is 20.7. The molecule has 0 N–H and O–H groups in total. The van der Waals surface area contributed by atoms with Gasteiger partial charge in [-0.2, -0.15) is 0 Å². The molecule has 2 aliphatic rings. The summed E-state index contributed by atoms with van der Waals surface area (Å²) in [6.07, 6.45) is 3.63. The first-order chi connectivity index (χ1) is 14.6. The summed E-state index contributed by atoms with van der Waals surface area (Å²) in [6.45, 7) is 4.92. The molecule has 0 saturated carbocycles. The minimum absolute atomic E-state index is 0.288. The molecule has 2 heterocycles. The summed E-state index contributed by atoms with van der Waals surface area (Å²) in [5, 5.41) is 0. The highest BCUT2D eigenvalue weighted by atomic mass is 16.5. The molecule has 0 aromatic heterocycles. The van der Waals surface area contributed by atoms with Gasteiger partial charge in [-0.05, 0) is 38.1 Å². The molecule has 2 aromatic carbocycles. The van der Waals surface area contributed by atoms with Gasteiger partial charge >= 0.3 is 11.9 Å². The molecule has 0 aliphatic carbocycles. The first-order valence-corrected chi connectivity index (χ1v) is 9.81. The van der Waals surface area contributed by atoms with Gasteiger partial charge in [-0.1, -0.05) is 36.4 Å². The largest absolute Gasteiger partial charge is 0.488 e. The van der Waals surface area contributed by atoms with Gasteiger partial charge in [0.2, 0.25) is 0 Å². The van der Waals surface area contributed by atoms with Crippen molar-refractivity contribution in [1.29, 1.82) is 0 Å². The van der Waals surface area contributed by atoms with Crippen molar-refractivity contribution in [2.45, 2.75) is 13.8 Å². The van der Waals surface area contributed by atoms with Crippen LogP contribution in [0.15, 0.2) is 59.7 Å². The Morgan fingerprint density at radius 3 is 1.53 bits per heavy atom. The summed E-state index contributed by atoms with van der Waals surface area (Å²) in [7, 11) is 0.